The van der Waals surface area contributed by atoms with Gasteiger partial charge in [0.2, 0.25) is 5.91 Å². The minimum atomic E-state index is 0.220. The fraction of sp³-hybridized carbons (Fsp3) is 0.333. The standard InChI is InChI=1S/C21H23N3O/c25-21(17-12-13-17)22-14-6-11-20-23-18-9-4-5-10-19(18)24(20)15-16-7-2-1-3-8-16/h1-5,7-10,17H,6,11-15H2,(H,22,25). The number of amides is 1. The van der Waals surface area contributed by atoms with Crippen molar-refractivity contribution in [2.75, 3.05) is 6.54 Å². The Bertz CT molecular complexity index is 865. The highest BCUT2D eigenvalue weighted by atomic mass is 16.2. The number of rotatable bonds is 7. The molecule has 2 aromatic carbocycles. The third kappa shape index (κ3) is 3.73. The molecule has 0 aliphatic heterocycles. The van der Waals surface area contributed by atoms with E-state index in [0.717, 1.165) is 50.1 Å². The molecular formula is C21H23N3O. The van der Waals surface area contributed by atoms with E-state index in [9.17, 15) is 4.79 Å². The highest BCUT2D eigenvalue weighted by Crippen LogP contribution is 2.28. The van der Waals surface area contributed by atoms with Gasteiger partial charge in [-0.05, 0) is 37.0 Å². The quantitative estimate of drug-likeness (QED) is 0.672. The molecule has 3 aromatic rings. The van der Waals surface area contributed by atoms with Crippen LogP contribution in [0.15, 0.2) is 54.6 Å². The van der Waals surface area contributed by atoms with Gasteiger partial charge >= 0.3 is 0 Å². The molecule has 1 heterocycles. The van der Waals surface area contributed by atoms with Crippen LogP contribution >= 0.6 is 0 Å². The van der Waals surface area contributed by atoms with Crippen LogP contribution in [0.3, 0.4) is 0 Å². The Morgan fingerprint density at radius 1 is 1.08 bits per heavy atom. The van der Waals surface area contributed by atoms with E-state index in [1.54, 1.807) is 0 Å². The molecule has 25 heavy (non-hydrogen) atoms. The van der Waals surface area contributed by atoms with Crippen molar-refractivity contribution >= 4 is 16.9 Å². The number of nitrogens with one attached hydrogen (secondary N) is 1. The maximum Gasteiger partial charge on any atom is 0.223 e. The SMILES string of the molecule is O=C(NCCCc1nc2ccccc2n1Cc1ccccc1)C1CC1. The Morgan fingerprint density at radius 3 is 2.64 bits per heavy atom. The molecule has 1 saturated carbocycles. The third-order valence-electron chi connectivity index (χ3n) is 4.74. The van der Waals surface area contributed by atoms with Gasteiger partial charge in [-0.1, -0.05) is 42.5 Å². The fourth-order valence-corrected chi connectivity index (χ4v) is 3.21. The molecule has 0 spiro atoms. The molecule has 1 fully saturated rings. The Hall–Kier alpha value is -2.62. The maximum atomic E-state index is 11.7. The van der Waals surface area contributed by atoms with Gasteiger partial charge in [0.05, 0.1) is 11.0 Å². The van der Waals surface area contributed by atoms with E-state index in [1.807, 2.05) is 12.1 Å². The number of imidazole rings is 1. The highest BCUT2D eigenvalue weighted by Gasteiger charge is 2.28. The zero-order valence-corrected chi connectivity index (χ0v) is 14.3. The second-order valence-electron chi connectivity index (χ2n) is 6.76. The zero-order valence-electron chi connectivity index (χ0n) is 14.3. The van der Waals surface area contributed by atoms with Crippen LogP contribution in [0.5, 0.6) is 0 Å². The summed E-state index contributed by atoms with van der Waals surface area (Å²) in [6.07, 6.45) is 3.89. The lowest BCUT2D eigenvalue weighted by molar-refractivity contribution is -0.122. The average molecular weight is 333 g/mol. The molecule has 0 radical (unpaired) electrons. The monoisotopic (exact) mass is 333 g/mol. The maximum absolute atomic E-state index is 11.7. The smallest absolute Gasteiger partial charge is 0.223 e. The van der Waals surface area contributed by atoms with Crippen molar-refractivity contribution in [3.63, 3.8) is 0 Å². The van der Waals surface area contributed by atoms with Gasteiger partial charge in [-0.15, -0.1) is 0 Å². The number of carbonyl (C=O) groups is 1. The number of aromatic nitrogens is 2. The first-order chi connectivity index (χ1) is 12.3. The van der Waals surface area contributed by atoms with Crippen molar-refractivity contribution < 1.29 is 4.79 Å². The number of aryl methyl sites for hydroxylation is 1. The number of fused-ring (bicyclic) bond motifs is 1. The summed E-state index contributed by atoms with van der Waals surface area (Å²) in [5.74, 6) is 1.59. The van der Waals surface area contributed by atoms with Crippen LogP contribution in [0.4, 0.5) is 0 Å². The number of hydrogen-bond donors (Lipinski definition) is 1. The highest BCUT2D eigenvalue weighted by molar-refractivity contribution is 5.80. The topological polar surface area (TPSA) is 46.9 Å². The summed E-state index contributed by atoms with van der Waals surface area (Å²) in [6.45, 7) is 1.55. The lowest BCUT2D eigenvalue weighted by Gasteiger charge is -2.10. The summed E-state index contributed by atoms with van der Waals surface area (Å²) in [6, 6.07) is 18.8. The van der Waals surface area contributed by atoms with Crippen LogP contribution in [0.1, 0.15) is 30.7 Å². The first kappa shape index (κ1) is 15.9. The van der Waals surface area contributed by atoms with Crippen molar-refractivity contribution in [3.05, 3.63) is 66.0 Å². The summed E-state index contributed by atoms with van der Waals surface area (Å²) in [4.78, 5) is 16.6. The lowest BCUT2D eigenvalue weighted by Crippen LogP contribution is -2.26. The van der Waals surface area contributed by atoms with Crippen molar-refractivity contribution in [2.45, 2.75) is 32.2 Å². The summed E-state index contributed by atoms with van der Waals surface area (Å²) < 4.78 is 2.30. The van der Waals surface area contributed by atoms with Crippen LogP contribution in [0.25, 0.3) is 11.0 Å². The van der Waals surface area contributed by atoms with Gasteiger partial charge in [-0.3, -0.25) is 4.79 Å². The van der Waals surface area contributed by atoms with Gasteiger partial charge in [-0.25, -0.2) is 4.98 Å². The van der Waals surface area contributed by atoms with Gasteiger partial charge in [0.15, 0.2) is 0 Å². The minimum absolute atomic E-state index is 0.220. The lowest BCUT2D eigenvalue weighted by atomic mass is 10.2. The molecule has 4 heteroatoms. The summed E-state index contributed by atoms with van der Waals surface area (Å²) in [7, 11) is 0. The van der Waals surface area contributed by atoms with Crippen LogP contribution < -0.4 is 5.32 Å². The number of nitrogens with zero attached hydrogens (tertiary/aromatic N) is 2. The molecular weight excluding hydrogens is 310 g/mol. The molecule has 1 aliphatic rings. The molecule has 4 nitrogen and oxygen atoms in total. The number of para-hydroxylation sites is 2. The van der Waals surface area contributed by atoms with E-state index < -0.39 is 0 Å². The van der Waals surface area contributed by atoms with Crippen LogP contribution in [0.2, 0.25) is 0 Å². The Balaban J connectivity index is 1.48. The van der Waals surface area contributed by atoms with Crippen molar-refractivity contribution in [2.24, 2.45) is 5.92 Å². The predicted octanol–water partition coefficient (Wildman–Crippen LogP) is 3.54. The normalized spacial score (nSPS) is 13.9. The molecule has 0 saturated heterocycles. The van der Waals surface area contributed by atoms with E-state index in [1.165, 1.54) is 11.1 Å². The Labute approximate surface area is 147 Å². The number of carbonyl (C=O) groups excluding carboxylic acids is 1. The van der Waals surface area contributed by atoms with E-state index in [0.29, 0.717) is 0 Å². The number of hydrogen-bond acceptors (Lipinski definition) is 2. The van der Waals surface area contributed by atoms with Crippen molar-refractivity contribution in [1.29, 1.82) is 0 Å². The molecule has 0 unspecified atom stereocenters. The van der Waals surface area contributed by atoms with E-state index >= 15 is 0 Å². The molecule has 1 aromatic heterocycles. The molecule has 0 atom stereocenters. The van der Waals surface area contributed by atoms with E-state index in [-0.39, 0.29) is 11.8 Å². The van der Waals surface area contributed by atoms with Crippen LogP contribution in [-0.2, 0) is 17.8 Å². The molecule has 4 rings (SSSR count). The molecule has 0 bridgehead atoms. The largest absolute Gasteiger partial charge is 0.356 e. The molecule has 1 N–H and O–H groups in total. The first-order valence-electron chi connectivity index (χ1n) is 9.07. The summed E-state index contributed by atoms with van der Waals surface area (Å²) in [5.41, 5.74) is 3.48. The van der Waals surface area contributed by atoms with Gasteiger partial charge in [-0.2, -0.15) is 0 Å². The number of benzene rings is 2. The fourth-order valence-electron chi connectivity index (χ4n) is 3.21. The van der Waals surface area contributed by atoms with Gasteiger partial charge in [0, 0.05) is 25.4 Å². The van der Waals surface area contributed by atoms with E-state index in [4.69, 9.17) is 4.98 Å². The van der Waals surface area contributed by atoms with Crippen LogP contribution in [0, 0.1) is 5.92 Å². The van der Waals surface area contributed by atoms with Gasteiger partial charge in [0.25, 0.3) is 0 Å². The van der Waals surface area contributed by atoms with Gasteiger partial charge < -0.3 is 9.88 Å². The molecule has 1 aliphatic carbocycles. The summed E-state index contributed by atoms with van der Waals surface area (Å²) in [5, 5.41) is 3.04. The van der Waals surface area contributed by atoms with E-state index in [2.05, 4.69) is 52.3 Å². The van der Waals surface area contributed by atoms with Crippen LogP contribution in [-0.4, -0.2) is 22.0 Å². The van der Waals surface area contributed by atoms with Crippen molar-refractivity contribution in [1.82, 2.24) is 14.9 Å². The summed E-state index contributed by atoms with van der Waals surface area (Å²) >= 11 is 0. The average Bonchev–Trinajstić information content (AvgIpc) is 3.44. The zero-order chi connectivity index (χ0) is 17.1. The minimum Gasteiger partial charge on any atom is -0.356 e. The second kappa shape index (κ2) is 7.09. The Kier molecular flexibility index (Phi) is 4.51. The third-order valence-corrected chi connectivity index (χ3v) is 4.74. The van der Waals surface area contributed by atoms with Gasteiger partial charge in [0.1, 0.15) is 5.82 Å². The molecule has 128 valence electrons. The second-order valence-corrected chi connectivity index (χ2v) is 6.76. The molecule has 1 amide bonds. The predicted molar refractivity (Wildman–Crippen MR) is 99.3 cm³/mol. The Morgan fingerprint density at radius 2 is 1.84 bits per heavy atom. The van der Waals surface area contributed by atoms with Crippen molar-refractivity contribution in [3.8, 4) is 0 Å². The first-order valence-corrected chi connectivity index (χ1v) is 9.07.